The maximum Gasteiger partial charge on any atom is 0.307 e. The molecule has 0 amide bonds. The van der Waals surface area contributed by atoms with E-state index >= 15 is 0 Å². The molecule has 33 heavy (non-hydrogen) atoms. The van der Waals surface area contributed by atoms with Crippen LogP contribution in [0.4, 0.5) is 5.69 Å². The average molecular weight is 444 g/mol. The van der Waals surface area contributed by atoms with Gasteiger partial charge in [-0.15, -0.1) is 0 Å². The lowest BCUT2D eigenvalue weighted by Gasteiger charge is -2.29. The second kappa shape index (κ2) is 9.82. The van der Waals surface area contributed by atoms with Gasteiger partial charge in [0.05, 0.1) is 6.42 Å². The van der Waals surface area contributed by atoms with Crippen molar-refractivity contribution in [2.75, 3.05) is 19.0 Å². The summed E-state index contributed by atoms with van der Waals surface area (Å²) in [5.74, 6) is -0.791. The van der Waals surface area contributed by atoms with Crippen LogP contribution >= 0.6 is 0 Å². The first-order valence-electron chi connectivity index (χ1n) is 11.8. The number of aliphatic carboxylic acids is 1. The van der Waals surface area contributed by atoms with Crippen LogP contribution in [-0.4, -0.2) is 25.2 Å². The first kappa shape index (κ1) is 24.6. The van der Waals surface area contributed by atoms with Gasteiger partial charge in [0.1, 0.15) is 0 Å². The van der Waals surface area contributed by atoms with E-state index in [1.807, 2.05) is 0 Å². The van der Waals surface area contributed by atoms with Gasteiger partial charge in [0, 0.05) is 25.3 Å². The fraction of sp³-hybridized carbons (Fsp3) is 0.367. The minimum absolute atomic E-state index is 0.0203. The Hall–Kier alpha value is -3.07. The van der Waals surface area contributed by atoms with E-state index in [1.54, 1.807) is 0 Å². The molecule has 3 rings (SSSR count). The molecule has 3 nitrogen and oxygen atoms in total. The number of aryl methyl sites for hydroxylation is 4. The standard InChI is InChI=1S/C30H37NO2/c1-9-10-25-26(17-27(32)33)28(23-13-11-18(2)20(4)15-23)22(6)29(30(25)31(7)8)24-14-12-19(3)21(5)16-24/h11-16H,9-10,17H2,1-8H3,(H,32,33). The van der Waals surface area contributed by atoms with E-state index in [2.05, 4.69) is 96.9 Å². The molecule has 0 heterocycles. The number of anilines is 1. The molecule has 0 atom stereocenters. The Kier molecular flexibility index (Phi) is 7.31. The van der Waals surface area contributed by atoms with Crippen molar-refractivity contribution in [2.24, 2.45) is 0 Å². The molecule has 1 N–H and O–H groups in total. The zero-order valence-electron chi connectivity index (χ0n) is 21.4. The number of carbonyl (C=O) groups is 1. The third-order valence-corrected chi connectivity index (χ3v) is 6.81. The van der Waals surface area contributed by atoms with Crippen LogP contribution in [-0.2, 0) is 17.6 Å². The van der Waals surface area contributed by atoms with E-state index in [4.69, 9.17) is 0 Å². The van der Waals surface area contributed by atoms with Gasteiger partial charge in [0.2, 0.25) is 0 Å². The van der Waals surface area contributed by atoms with Crippen molar-refractivity contribution in [1.29, 1.82) is 0 Å². The minimum atomic E-state index is -0.791. The predicted molar refractivity (Wildman–Crippen MR) is 141 cm³/mol. The van der Waals surface area contributed by atoms with Crippen LogP contribution in [0, 0.1) is 34.6 Å². The molecule has 0 saturated heterocycles. The number of carboxylic acids is 1. The van der Waals surface area contributed by atoms with Crippen LogP contribution in [0.3, 0.4) is 0 Å². The summed E-state index contributed by atoms with van der Waals surface area (Å²) in [7, 11) is 4.14. The molecular weight excluding hydrogens is 406 g/mol. The van der Waals surface area contributed by atoms with Crippen molar-refractivity contribution in [2.45, 2.75) is 60.8 Å². The molecule has 3 aromatic carbocycles. The van der Waals surface area contributed by atoms with E-state index in [-0.39, 0.29) is 6.42 Å². The van der Waals surface area contributed by atoms with Crippen molar-refractivity contribution in [1.82, 2.24) is 0 Å². The van der Waals surface area contributed by atoms with Crippen molar-refractivity contribution in [3.8, 4) is 22.3 Å². The molecule has 0 aromatic heterocycles. The molecular formula is C30H37NO2. The first-order chi connectivity index (χ1) is 15.6. The quantitative estimate of drug-likeness (QED) is 0.419. The molecule has 0 unspecified atom stereocenters. The van der Waals surface area contributed by atoms with Crippen LogP contribution in [0.2, 0.25) is 0 Å². The van der Waals surface area contributed by atoms with Gasteiger partial charge in [-0.25, -0.2) is 0 Å². The summed E-state index contributed by atoms with van der Waals surface area (Å²) >= 11 is 0. The van der Waals surface area contributed by atoms with Crippen LogP contribution in [0.25, 0.3) is 22.3 Å². The smallest absolute Gasteiger partial charge is 0.307 e. The maximum absolute atomic E-state index is 12.0. The first-order valence-corrected chi connectivity index (χ1v) is 11.8. The lowest BCUT2D eigenvalue weighted by atomic mass is 9.81. The fourth-order valence-electron chi connectivity index (χ4n) is 4.87. The van der Waals surface area contributed by atoms with Crippen molar-refractivity contribution < 1.29 is 9.90 Å². The average Bonchev–Trinajstić information content (AvgIpc) is 2.73. The molecule has 0 radical (unpaired) electrons. The molecule has 0 fully saturated rings. The Morgan fingerprint density at radius 1 is 0.788 bits per heavy atom. The molecule has 0 aliphatic rings. The van der Waals surface area contributed by atoms with Gasteiger partial charge in [-0.3, -0.25) is 4.79 Å². The largest absolute Gasteiger partial charge is 0.481 e. The molecule has 0 aliphatic carbocycles. The third kappa shape index (κ3) is 4.83. The SMILES string of the molecule is CCCc1c(CC(=O)O)c(-c2ccc(C)c(C)c2)c(C)c(-c2ccc(C)c(C)c2)c1N(C)C. The Balaban J connectivity index is 2.54. The highest BCUT2D eigenvalue weighted by molar-refractivity contribution is 5.94. The molecule has 3 heteroatoms. The summed E-state index contributed by atoms with van der Waals surface area (Å²) in [4.78, 5) is 14.2. The predicted octanol–water partition coefficient (Wildman–Crippen LogP) is 7.21. The fourth-order valence-corrected chi connectivity index (χ4v) is 4.87. The Labute approximate surface area is 199 Å². The van der Waals surface area contributed by atoms with Crippen LogP contribution in [0.5, 0.6) is 0 Å². The summed E-state index contributed by atoms with van der Waals surface area (Å²) in [6, 6.07) is 13.1. The highest BCUT2D eigenvalue weighted by Gasteiger charge is 2.25. The topological polar surface area (TPSA) is 40.5 Å². The van der Waals surface area contributed by atoms with Gasteiger partial charge in [0.25, 0.3) is 0 Å². The molecule has 174 valence electrons. The van der Waals surface area contributed by atoms with Crippen LogP contribution in [0.1, 0.15) is 52.3 Å². The molecule has 3 aromatic rings. The zero-order valence-corrected chi connectivity index (χ0v) is 21.4. The van der Waals surface area contributed by atoms with Crippen LogP contribution in [0.15, 0.2) is 36.4 Å². The molecule has 0 spiro atoms. The highest BCUT2D eigenvalue weighted by Crippen LogP contribution is 2.45. The summed E-state index contributed by atoms with van der Waals surface area (Å²) in [6.45, 7) is 12.8. The molecule has 0 bridgehead atoms. The Bertz CT molecular complexity index is 1200. The van der Waals surface area contributed by atoms with Gasteiger partial charge < -0.3 is 10.0 Å². The van der Waals surface area contributed by atoms with Gasteiger partial charge in [-0.1, -0.05) is 49.7 Å². The summed E-state index contributed by atoms with van der Waals surface area (Å²) in [5.41, 5.74) is 13.9. The lowest BCUT2D eigenvalue weighted by Crippen LogP contribution is -2.18. The van der Waals surface area contributed by atoms with Gasteiger partial charge in [0.15, 0.2) is 0 Å². The monoisotopic (exact) mass is 443 g/mol. The Morgan fingerprint density at radius 3 is 1.73 bits per heavy atom. The third-order valence-electron chi connectivity index (χ3n) is 6.81. The number of nitrogens with zero attached hydrogens (tertiary/aromatic N) is 1. The highest BCUT2D eigenvalue weighted by atomic mass is 16.4. The van der Waals surface area contributed by atoms with Crippen LogP contribution < -0.4 is 4.90 Å². The summed E-state index contributed by atoms with van der Waals surface area (Å²) in [6.07, 6.45) is 1.81. The van der Waals surface area contributed by atoms with E-state index in [0.717, 1.165) is 46.3 Å². The number of hydrogen-bond donors (Lipinski definition) is 1. The molecule has 0 aliphatic heterocycles. The Morgan fingerprint density at radius 2 is 1.30 bits per heavy atom. The summed E-state index contributed by atoms with van der Waals surface area (Å²) < 4.78 is 0. The van der Waals surface area contributed by atoms with Gasteiger partial charge in [-0.05, 0) is 96.7 Å². The van der Waals surface area contributed by atoms with Crippen molar-refractivity contribution >= 4 is 11.7 Å². The normalized spacial score (nSPS) is 11.0. The van der Waals surface area contributed by atoms with Crippen molar-refractivity contribution in [3.63, 3.8) is 0 Å². The zero-order chi connectivity index (χ0) is 24.4. The summed E-state index contributed by atoms with van der Waals surface area (Å²) in [5, 5.41) is 9.89. The van der Waals surface area contributed by atoms with E-state index < -0.39 is 5.97 Å². The minimum Gasteiger partial charge on any atom is -0.481 e. The van der Waals surface area contributed by atoms with Crippen molar-refractivity contribution in [3.05, 3.63) is 75.3 Å². The maximum atomic E-state index is 12.0. The van der Waals surface area contributed by atoms with E-state index in [9.17, 15) is 9.90 Å². The van der Waals surface area contributed by atoms with Gasteiger partial charge in [-0.2, -0.15) is 0 Å². The lowest BCUT2D eigenvalue weighted by molar-refractivity contribution is -0.136. The van der Waals surface area contributed by atoms with E-state index in [1.165, 1.54) is 33.4 Å². The van der Waals surface area contributed by atoms with Gasteiger partial charge >= 0.3 is 5.97 Å². The number of carboxylic acid groups (broad SMARTS) is 1. The number of rotatable bonds is 7. The van der Waals surface area contributed by atoms with E-state index in [0.29, 0.717) is 0 Å². The second-order valence-corrected chi connectivity index (χ2v) is 9.49. The number of benzene rings is 3. The number of hydrogen-bond acceptors (Lipinski definition) is 2. The molecule has 0 saturated carbocycles. The second-order valence-electron chi connectivity index (χ2n) is 9.49.